The molecular formula is C31H36FN3O4S. The number of nitrogens with one attached hydrogen (secondary N) is 1. The highest BCUT2D eigenvalue weighted by molar-refractivity contribution is 7.92. The number of halogens is 1. The molecule has 1 saturated carbocycles. The second-order valence-electron chi connectivity index (χ2n) is 10.4. The van der Waals surface area contributed by atoms with Crippen LogP contribution in [0, 0.1) is 12.7 Å². The van der Waals surface area contributed by atoms with Gasteiger partial charge in [0.2, 0.25) is 21.8 Å². The van der Waals surface area contributed by atoms with E-state index in [2.05, 4.69) is 5.32 Å². The predicted molar refractivity (Wildman–Crippen MR) is 155 cm³/mol. The van der Waals surface area contributed by atoms with Gasteiger partial charge in [-0.1, -0.05) is 67.4 Å². The molecule has 9 heteroatoms. The third-order valence-electron chi connectivity index (χ3n) is 7.37. The van der Waals surface area contributed by atoms with Crippen molar-refractivity contribution in [1.82, 2.24) is 10.2 Å². The summed E-state index contributed by atoms with van der Waals surface area (Å²) in [6.45, 7) is 1.53. The van der Waals surface area contributed by atoms with Crippen molar-refractivity contribution in [1.29, 1.82) is 0 Å². The average Bonchev–Trinajstić information content (AvgIpc) is 3.44. The Kier molecular flexibility index (Phi) is 9.58. The van der Waals surface area contributed by atoms with E-state index in [0.29, 0.717) is 0 Å². The van der Waals surface area contributed by atoms with E-state index in [1.165, 1.54) is 17.0 Å². The number of benzene rings is 3. The molecule has 1 atom stereocenters. The summed E-state index contributed by atoms with van der Waals surface area (Å²) in [7, 11) is -3.90. The fourth-order valence-electron chi connectivity index (χ4n) is 5.11. The fourth-order valence-corrected chi connectivity index (χ4v) is 5.96. The van der Waals surface area contributed by atoms with Crippen molar-refractivity contribution in [2.24, 2.45) is 0 Å². The topological polar surface area (TPSA) is 86.8 Å². The van der Waals surface area contributed by atoms with Gasteiger partial charge in [-0.05, 0) is 60.7 Å². The van der Waals surface area contributed by atoms with Gasteiger partial charge in [0.05, 0.1) is 11.9 Å². The Hall–Kier alpha value is -3.72. The summed E-state index contributed by atoms with van der Waals surface area (Å²) < 4.78 is 40.1. The smallest absolute Gasteiger partial charge is 0.244 e. The van der Waals surface area contributed by atoms with Gasteiger partial charge in [0.15, 0.2) is 0 Å². The van der Waals surface area contributed by atoms with Gasteiger partial charge in [-0.15, -0.1) is 0 Å². The van der Waals surface area contributed by atoms with Crippen molar-refractivity contribution in [3.8, 4) is 0 Å². The van der Waals surface area contributed by atoms with Gasteiger partial charge in [-0.2, -0.15) is 0 Å². The maximum atomic E-state index is 14.1. The highest BCUT2D eigenvalue weighted by Gasteiger charge is 2.34. The number of amides is 2. The molecule has 4 rings (SSSR count). The zero-order valence-electron chi connectivity index (χ0n) is 22.9. The zero-order chi connectivity index (χ0) is 28.7. The molecule has 3 aromatic carbocycles. The molecule has 1 unspecified atom stereocenters. The molecule has 0 heterocycles. The van der Waals surface area contributed by atoms with E-state index in [1.54, 1.807) is 0 Å². The summed E-state index contributed by atoms with van der Waals surface area (Å²) in [5.41, 5.74) is 2.86. The standard InChI is InChI=1S/C31H36FN3O4S/c1-23-10-6-7-13-25(23)21-34(30(36)22-35(40(2,38)39)28-18-16-26(32)17-19-28)29(20-24-11-4-3-5-12-24)31(37)33-27-14-8-9-15-27/h3-7,10-13,16-19,27,29H,8-9,14-15,20-22H2,1-2H3,(H,33,37). The van der Waals surface area contributed by atoms with Crippen LogP contribution in [0.4, 0.5) is 10.1 Å². The van der Waals surface area contributed by atoms with Crippen LogP contribution in [0.25, 0.3) is 0 Å². The first-order valence-corrected chi connectivity index (χ1v) is 15.4. The largest absolute Gasteiger partial charge is 0.352 e. The minimum atomic E-state index is -3.90. The Labute approximate surface area is 236 Å². The molecule has 212 valence electrons. The van der Waals surface area contributed by atoms with Gasteiger partial charge < -0.3 is 10.2 Å². The molecular weight excluding hydrogens is 529 g/mol. The molecule has 3 aromatic rings. The van der Waals surface area contributed by atoms with E-state index in [4.69, 9.17) is 0 Å². The van der Waals surface area contributed by atoms with Crippen molar-refractivity contribution < 1.29 is 22.4 Å². The van der Waals surface area contributed by atoms with E-state index in [9.17, 15) is 22.4 Å². The fraction of sp³-hybridized carbons (Fsp3) is 0.355. The second-order valence-corrected chi connectivity index (χ2v) is 12.3. The summed E-state index contributed by atoms with van der Waals surface area (Å²) in [5, 5.41) is 3.15. The van der Waals surface area contributed by atoms with Crippen molar-refractivity contribution >= 4 is 27.5 Å². The number of sulfonamides is 1. The third-order valence-corrected chi connectivity index (χ3v) is 8.51. The van der Waals surface area contributed by atoms with Crippen LogP contribution in [0.5, 0.6) is 0 Å². The molecule has 40 heavy (non-hydrogen) atoms. The first-order valence-electron chi connectivity index (χ1n) is 13.5. The van der Waals surface area contributed by atoms with Crippen LogP contribution in [0.15, 0.2) is 78.9 Å². The summed E-state index contributed by atoms with van der Waals surface area (Å²) in [5.74, 6) is -1.30. The molecule has 0 bridgehead atoms. The highest BCUT2D eigenvalue weighted by atomic mass is 32.2. The molecule has 1 aliphatic rings. The lowest BCUT2D eigenvalue weighted by Gasteiger charge is -2.34. The van der Waals surface area contributed by atoms with Gasteiger partial charge in [0.1, 0.15) is 18.4 Å². The molecule has 1 aliphatic carbocycles. The molecule has 2 amide bonds. The maximum absolute atomic E-state index is 14.1. The van der Waals surface area contributed by atoms with Gasteiger partial charge >= 0.3 is 0 Å². The minimum Gasteiger partial charge on any atom is -0.352 e. The second kappa shape index (κ2) is 13.1. The first kappa shape index (κ1) is 29.3. The Morgan fingerprint density at radius 1 is 0.950 bits per heavy atom. The van der Waals surface area contributed by atoms with Crippen LogP contribution in [0.1, 0.15) is 42.4 Å². The summed E-state index contributed by atoms with van der Waals surface area (Å²) in [4.78, 5) is 29.4. The van der Waals surface area contributed by atoms with E-state index in [-0.39, 0.29) is 30.6 Å². The lowest BCUT2D eigenvalue weighted by atomic mass is 10.0. The van der Waals surface area contributed by atoms with Crippen LogP contribution >= 0.6 is 0 Å². The van der Waals surface area contributed by atoms with Crippen molar-refractivity contribution in [3.63, 3.8) is 0 Å². The minimum absolute atomic E-state index is 0.0490. The quantitative estimate of drug-likeness (QED) is 0.368. The lowest BCUT2D eigenvalue weighted by Crippen LogP contribution is -2.54. The summed E-state index contributed by atoms with van der Waals surface area (Å²) in [6.07, 6.45) is 5.14. The average molecular weight is 566 g/mol. The Morgan fingerprint density at radius 2 is 1.57 bits per heavy atom. The molecule has 1 N–H and O–H groups in total. The van der Waals surface area contributed by atoms with Gasteiger partial charge in [0, 0.05) is 19.0 Å². The van der Waals surface area contributed by atoms with E-state index in [0.717, 1.165) is 65.1 Å². The molecule has 0 spiro atoms. The Balaban J connectivity index is 1.72. The molecule has 7 nitrogen and oxygen atoms in total. The van der Waals surface area contributed by atoms with Gasteiger partial charge in [0.25, 0.3) is 0 Å². The monoisotopic (exact) mass is 565 g/mol. The number of hydrogen-bond acceptors (Lipinski definition) is 4. The summed E-state index contributed by atoms with van der Waals surface area (Å²) in [6, 6.07) is 21.2. The highest BCUT2D eigenvalue weighted by Crippen LogP contribution is 2.23. The van der Waals surface area contributed by atoms with Crippen LogP contribution in [-0.2, 0) is 32.6 Å². The van der Waals surface area contributed by atoms with Crippen LogP contribution in [0.2, 0.25) is 0 Å². The summed E-state index contributed by atoms with van der Waals surface area (Å²) >= 11 is 0. The number of nitrogens with zero attached hydrogens (tertiary/aromatic N) is 2. The Bertz CT molecular complexity index is 1410. The van der Waals surface area contributed by atoms with Gasteiger partial charge in [-0.3, -0.25) is 13.9 Å². The SMILES string of the molecule is Cc1ccccc1CN(C(=O)CN(c1ccc(F)cc1)S(C)(=O)=O)C(Cc1ccccc1)C(=O)NC1CCCC1. The number of carbonyl (C=O) groups is 2. The van der Waals surface area contributed by atoms with E-state index >= 15 is 0 Å². The first-order chi connectivity index (χ1) is 19.1. The van der Waals surface area contributed by atoms with Crippen molar-refractivity contribution in [3.05, 3.63) is 101 Å². The lowest BCUT2D eigenvalue weighted by molar-refractivity contribution is -0.140. The molecule has 1 fully saturated rings. The van der Waals surface area contributed by atoms with Crippen LogP contribution in [-0.4, -0.2) is 50.0 Å². The molecule has 0 radical (unpaired) electrons. The zero-order valence-corrected chi connectivity index (χ0v) is 23.7. The number of anilines is 1. The normalized spacial score (nSPS) is 14.5. The molecule has 0 aromatic heterocycles. The molecule has 0 saturated heterocycles. The van der Waals surface area contributed by atoms with Crippen molar-refractivity contribution in [2.75, 3.05) is 17.1 Å². The van der Waals surface area contributed by atoms with Gasteiger partial charge in [-0.25, -0.2) is 12.8 Å². The number of aryl methyl sites for hydroxylation is 1. The third kappa shape index (κ3) is 7.69. The number of carbonyl (C=O) groups excluding carboxylic acids is 2. The Morgan fingerprint density at radius 3 is 2.20 bits per heavy atom. The van der Waals surface area contributed by atoms with E-state index < -0.39 is 34.3 Å². The molecule has 0 aliphatic heterocycles. The van der Waals surface area contributed by atoms with Crippen molar-refractivity contribution in [2.45, 2.75) is 57.7 Å². The van der Waals surface area contributed by atoms with E-state index in [1.807, 2.05) is 61.5 Å². The maximum Gasteiger partial charge on any atom is 0.244 e. The van der Waals surface area contributed by atoms with Crippen LogP contribution < -0.4 is 9.62 Å². The number of rotatable bonds is 11. The predicted octanol–water partition coefficient (Wildman–Crippen LogP) is 4.60. The number of hydrogen-bond donors (Lipinski definition) is 1. The van der Waals surface area contributed by atoms with Crippen LogP contribution in [0.3, 0.4) is 0 Å².